The predicted octanol–water partition coefficient (Wildman–Crippen LogP) is 6.39. The molecule has 1 heterocycles. The van der Waals surface area contributed by atoms with Crippen molar-refractivity contribution in [2.45, 2.75) is 6.92 Å². The molecule has 0 amide bonds. The molecule has 0 radical (unpaired) electrons. The van der Waals surface area contributed by atoms with Crippen LogP contribution in [0.4, 0.5) is 5.88 Å². The number of rotatable bonds is 4. The fourth-order valence-electron chi connectivity index (χ4n) is 4.09. The summed E-state index contributed by atoms with van der Waals surface area (Å²) in [7, 11) is 0. The molecule has 0 unspecified atom stereocenters. The maximum Gasteiger partial charge on any atom is 0.199 e. The van der Waals surface area contributed by atoms with Crippen molar-refractivity contribution in [1.29, 1.82) is 5.41 Å². The van der Waals surface area contributed by atoms with Crippen LogP contribution in [0.25, 0.3) is 33.2 Å². The summed E-state index contributed by atoms with van der Waals surface area (Å²) in [4.78, 5) is 4.27. The van der Waals surface area contributed by atoms with Gasteiger partial charge in [0.1, 0.15) is 11.4 Å². The molecule has 0 atom stereocenters. The molecular formula is C29H24N4O. The van der Waals surface area contributed by atoms with Crippen LogP contribution in [-0.2, 0) is 0 Å². The maximum atomic E-state index is 8.19. The number of furan rings is 1. The monoisotopic (exact) mass is 444 g/mol. The van der Waals surface area contributed by atoms with Gasteiger partial charge in [-0.2, -0.15) is 0 Å². The van der Waals surface area contributed by atoms with E-state index in [0.29, 0.717) is 11.7 Å². The lowest BCUT2D eigenvalue weighted by Crippen LogP contribution is -2.15. The minimum absolute atomic E-state index is 0.135. The summed E-state index contributed by atoms with van der Waals surface area (Å²) >= 11 is 0. The van der Waals surface area contributed by atoms with Crippen LogP contribution in [-0.4, -0.2) is 11.7 Å². The van der Waals surface area contributed by atoms with Gasteiger partial charge in [-0.3, -0.25) is 5.41 Å². The number of hydrogen-bond acceptors (Lipinski definition) is 3. The third-order valence-corrected chi connectivity index (χ3v) is 5.92. The number of fused-ring (bicyclic) bond motifs is 1. The molecule has 0 aliphatic carbocycles. The van der Waals surface area contributed by atoms with Crippen molar-refractivity contribution in [3.8, 4) is 22.3 Å². The summed E-state index contributed by atoms with van der Waals surface area (Å²) in [6.45, 7) is 2.07. The fourth-order valence-corrected chi connectivity index (χ4v) is 4.09. The molecule has 0 bridgehead atoms. The molecule has 5 nitrogen and oxygen atoms in total. The fraction of sp³-hybridized carbons (Fsp3) is 0.0345. The van der Waals surface area contributed by atoms with Gasteiger partial charge in [-0.1, -0.05) is 84.9 Å². The van der Waals surface area contributed by atoms with Crippen LogP contribution in [0.1, 0.15) is 16.7 Å². The van der Waals surface area contributed by atoms with Gasteiger partial charge in [-0.15, -0.1) is 0 Å². The van der Waals surface area contributed by atoms with E-state index in [9.17, 15) is 0 Å². The second kappa shape index (κ2) is 8.71. The Hall–Kier alpha value is -4.64. The van der Waals surface area contributed by atoms with Crippen molar-refractivity contribution >= 4 is 28.5 Å². The smallest absolute Gasteiger partial charge is 0.199 e. The van der Waals surface area contributed by atoms with Crippen molar-refractivity contribution in [1.82, 2.24) is 0 Å². The lowest BCUT2D eigenvalue weighted by molar-refractivity contribution is 0.638. The molecule has 34 heavy (non-hydrogen) atoms. The Bertz CT molecular complexity index is 1530. The van der Waals surface area contributed by atoms with Crippen LogP contribution in [0.2, 0.25) is 0 Å². The lowest BCUT2D eigenvalue weighted by Gasteiger charge is -2.10. The Morgan fingerprint density at radius 3 is 2.24 bits per heavy atom. The number of nitrogen functional groups attached to an aromatic ring is 1. The number of hydrogen-bond donors (Lipinski definition) is 3. The molecule has 5 N–H and O–H groups in total. The van der Waals surface area contributed by atoms with Gasteiger partial charge in [-0.05, 0) is 41.3 Å². The molecule has 0 fully saturated rings. The summed E-state index contributed by atoms with van der Waals surface area (Å²) in [6.07, 6.45) is 0. The van der Waals surface area contributed by atoms with Gasteiger partial charge < -0.3 is 15.9 Å². The third-order valence-electron chi connectivity index (χ3n) is 5.92. The molecular weight excluding hydrogens is 420 g/mol. The minimum atomic E-state index is 0.135. The standard InChI is InChI=1S/C29H24N4O/c1-18-11-12-22(17-24(18)26-23-9-5-6-10-25(23)34-29(26)32)19-13-15-21(16-14-19)28(31)33-27(30)20-7-3-2-4-8-20/h2-17H,32H2,1H3,(H3,30,31,33). The molecule has 0 aliphatic rings. The summed E-state index contributed by atoms with van der Waals surface area (Å²) in [5, 5.41) is 9.19. The SMILES string of the molecule is Cc1ccc(-c2ccc(/C(N)=N/C(=N)c3ccccc3)cc2)cc1-c1c(N)oc2ccccc12. The van der Waals surface area contributed by atoms with Crippen molar-refractivity contribution in [3.05, 3.63) is 114 Å². The molecule has 0 aliphatic heterocycles. The van der Waals surface area contributed by atoms with Crippen LogP contribution in [0.15, 0.2) is 106 Å². The van der Waals surface area contributed by atoms with Crippen LogP contribution < -0.4 is 11.5 Å². The number of para-hydroxylation sites is 1. The molecule has 5 rings (SSSR count). The van der Waals surface area contributed by atoms with E-state index in [-0.39, 0.29) is 5.84 Å². The van der Waals surface area contributed by atoms with E-state index >= 15 is 0 Å². The van der Waals surface area contributed by atoms with Crippen LogP contribution >= 0.6 is 0 Å². The molecule has 5 heteroatoms. The summed E-state index contributed by atoms with van der Waals surface area (Å²) < 4.78 is 5.79. The van der Waals surface area contributed by atoms with E-state index in [1.807, 2.05) is 78.9 Å². The van der Waals surface area contributed by atoms with Crippen LogP contribution in [0, 0.1) is 12.3 Å². The molecule has 1 aromatic heterocycles. The number of benzene rings is 4. The molecule has 0 saturated carbocycles. The zero-order valence-corrected chi connectivity index (χ0v) is 18.7. The number of nitrogens with zero attached hydrogens (tertiary/aromatic N) is 1. The van der Waals surface area contributed by atoms with Crippen LogP contribution in [0.5, 0.6) is 0 Å². The highest BCUT2D eigenvalue weighted by atomic mass is 16.3. The van der Waals surface area contributed by atoms with Crippen molar-refractivity contribution in [3.63, 3.8) is 0 Å². The van der Waals surface area contributed by atoms with Crippen molar-refractivity contribution in [2.24, 2.45) is 10.7 Å². The second-order valence-electron chi connectivity index (χ2n) is 8.16. The van der Waals surface area contributed by atoms with Gasteiger partial charge in [0, 0.05) is 16.5 Å². The minimum Gasteiger partial charge on any atom is -0.440 e. The molecule has 0 spiro atoms. The highest BCUT2D eigenvalue weighted by Gasteiger charge is 2.16. The first-order chi connectivity index (χ1) is 16.5. The number of nitrogens with two attached hydrogens (primary N) is 2. The van der Waals surface area contributed by atoms with Crippen molar-refractivity contribution < 1.29 is 4.42 Å². The van der Waals surface area contributed by atoms with E-state index in [4.69, 9.17) is 21.3 Å². The first kappa shape index (κ1) is 21.2. The Balaban J connectivity index is 1.47. The van der Waals surface area contributed by atoms with E-state index in [0.717, 1.165) is 49.9 Å². The average molecular weight is 445 g/mol. The zero-order chi connectivity index (χ0) is 23.7. The first-order valence-electron chi connectivity index (χ1n) is 11.0. The van der Waals surface area contributed by atoms with E-state index in [1.165, 1.54) is 0 Å². The normalized spacial score (nSPS) is 11.6. The summed E-state index contributed by atoms with van der Waals surface area (Å²) in [5.41, 5.74) is 19.9. The first-order valence-corrected chi connectivity index (χ1v) is 11.0. The molecule has 0 saturated heterocycles. The summed E-state index contributed by atoms with van der Waals surface area (Å²) in [6, 6.07) is 31.4. The Kier molecular flexibility index (Phi) is 5.44. The number of anilines is 1. The Labute approximate surface area is 197 Å². The van der Waals surface area contributed by atoms with Gasteiger partial charge in [-0.25, -0.2) is 4.99 Å². The Morgan fingerprint density at radius 1 is 0.794 bits per heavy atom. The largest absolute Gasteiger partial charge is 0.440 e. The highest BCUT2D eigenvalue weighted by molar-refractivity contribution is 6.09. The molecule has 4 aromatic carbocycles. The molecule has 5 aromatic rings. The van der Waals surface area contributed by atoms with Crippen LogP contribution in [0.3, 0.4) is 0 Å². The van der Waals surface area contributed by atoms with Crippen molar-refractivity contribution in [2.75, 3.05) is 5.73 Å². The third kappa shape index (κ3) is 3.95. The predicted molar refractivity (Wildman–Crippen MR) is 140 cm³/mol. The van der Waals surface area contributed by atoms with E-state index in [2.05, 4.69) is 30.1 Å². The van der Waals surface area contributed by atoms with E-state index < -0.39 is 0 Å². The average Bonchev–Trinajstić information content (AvgIpc) is 3.20. The van der Waals surface area contributed by atoms with Gasteiger partial charge in [0.25, 0.3) is 0 Å². The lowest BCUT2D eigenvalue weighted by atomic mass is 9.94. The zero-order valence-electron chi connectivity index (χ0n) is 18.7. The summed E-state index contributed by atoms with van der Waals surface area (Å²) in [5.74, 6) is 0.861. The number of nitrogens with one attached hydrogen (secondary N) is 1. The topological polar surface area (TPSA) is 101 Å². The number of amidine groups is 2. The number of aryl methyl sites for hydroxylation is 1. The molecule has 166 valence electrons. The quantitative estimate of drug-likeness (QED) is 0.221. The van der Waals surface area contributed by atoms with E-state index in [1.54, 1.807) is 0 Å². The number of aliphatic imine (C=N–C) groups is 1. The maximum absolute atomic E-state index is 8.19. The van der Waals surface area contributed by atoms with Gasteiger partial charge in [0.2, 0.25) is 0 Å². The Morgan fingerprint density at radius 2 is 1.47 bits per heavy atom. The van der Waals surface area contributed by atoms with Gasteiger partial charge in [0.05, 0.1) is 5.56 Å². The van der Waals surface area contributed by atoms with Gasteiger partial charge >= 0.3 is 0 Å². The highest BCUT2D eigenvalue weighted by Crippen LogP contribution is 2.39. The second-order valence-corrected chi connectivity index (χ2v) is 8.16. The van der Waals surface area contributed by atoms with Gasteiger partial charge in [0.15, 0.2) is 11.7 Å².